The first kappa shape index (κ1) is 14.9. The molecule has 3 rings (SSSR count). The van der Waals surface area contributed by atoms with Gasteiger partial charge >= 0.3 is 0 Å². The van der Waals surface area contributed by atoms with Gasteiger partial charge in [0, 0.05) is 11.8 Å². The molecule has 0 aliphatic rings. The van der Waals surface area contributed by atoms with Crippen molar-refractivity contribution in [3.05, 3.63) is 70.1 Å². The lowest BCUT2D eigenvalue weighted by Crippen LogP contribution is -2.10. The SMILES string of the molecule is O=c1c(-c2cccc(F)c2)c(CCBr)oc2ccc(F)cc12. The number of alkyl halides is 1. The zero-order valence-electron chi connectivity index (χ0n) is 11.4. The third-order valence-electron chi connectivity index (χ3n) is 3.36. The lowest BCUT2D eigenvalue weighted by molar-refractivity contribution is 0.546. The molecule has 0 aliphatic carbocycles. The summed E-state index contributed by atoms with van der Waals surface area (Å²) in [4.78, 5) is 12.7. The Morgan fingerprint density at radius 2 is 1.82 bits per heavy atom. The molecule has 0 N–H and O–H groups in total. The first-order chi connectivity index (χ1) is 10.6. The van der Waals surface area contributed by atoms with Crippen molar-refractivity contribution in [2.24, 2.45) is 0 Å². The van der Waals surface area contributed by atoms with E-state index in [-0.39, 0.29) is 16.4 Å². The van der Waals surface area contributed by atoms with E-state index >= 15 is 0 Å². The molecule has 112 valence electrons. The van der Waals surface area contributed by atoms with Crippen LogP contribution < -0.4 is 5.43 Å². The fraction of sp³-hybridized carbons (Fsp3) is 0.118. The fourth-order valence-electron chi connectivity index (χ4n) is 2.41. The van der Waals surface area contributed by atoms with Crippen molar-refractivity contribution in [1.82, 2.24) is 0 Å². The molecule has 0 amide bonds. The zero-order valence-corrected chi connectivity index (χ0v) is 13.0. The lowest BCUT2D eigenvalue weighted by Gasteiger charge is -2.09. The molecule has 0 aliphatic heterocycles. The molecule has 0 unspecified atom stereocenters. The van der Waals surface area contributed by atoms with Gasteiger partial charge in [-0.25, -0.2) is 8.78 Å². The van der Waals surface area contributed by atoms with Gasteiger partial charge in [-0.15, -0.1) is 0 Å². The third kappa shape index (κ3) is 2.68. The Labute approximate surface area is 133 Å². The van der Waals surface area contributed by atoms with E-state index in [9.17, 15) is 13.6 Å². The predicted octanol–water partition coefficient (Wildman–Crippen LogP) is 4.68. The number of hydrogen-bond donors (Lipinski definition) is 0. The van der Waals surface area contributed by atoms with Crippen LogP contribution in [0, 0.1) is 11.6 Å². The molecule has 0 bridgehead atoms. The van der Waals surface area contributed by atoms with Crippen LogP contribution in [0.3, 0.4) is 0 Å². The van der Waals surface area contributed by atoms with Crippen LogP contribution in [-0.2, 0) is 6.42 Å². The zero-order chi connectivity index (χ0) is 15.7. The van der Waals surface area contributed by atoms with Gasteiger partial charge in [0.2, 0.25) is 5.43 Å². The van der Waals surface area contributed by atoms with Crippen LogP contribution in [0.25, 0.3) is 22.1 Å². The Bertz CT molecular complexity index is 903. The molecule has 22 heavy (non-hydrogen) atoms. The summed E-state index contributed by atoms with van der Waals surface area (Å²) in [5, 5.41) is 0.739. The van der Waals surface area contributed by atoms with E-state index < -0.39 is 11.6 Å². The highest BCUT2D eigenvalue weighted by molar-refractivity contribution is 9.09. The summed E-state index contributed by atoms with van der Waals surface area (Å²) in [6, 6.07) is 9.55. The summed E-state index contributed by atoms with van der Waals surface area (Å²) in [7, 11) is 0. The summed E-state index contributed by atoms with van der Waals surface area (Å²) < 4.78 is 32.6. The van der Waals surface area contributed by atoms with Gasteiger partial charge in [0.05, 0.1) is 10.9 Å². The first-order valence-electron chi connectivity index (χ1n) is 6.67. The van der Waals surface area contributed by atoms with Crippen LogP contribution >= 0.6 is 15.9 Å². The maximum atomic E-state index is 13.5. The second kappa shape index (κ2) is 6.01. The molecular weight excluding hydrogens is 354 g/mol. The minimum Gasteiger partial charge on any atom is -0.460 e. The van der Waals surface area contributed by atoms with Crippen LogP contribution in [0.5, 0.6) is 0 Å². The van der Waals surface area contributed by atoms with E-state index in [4.69, 9.17) is 4.42 Å². The van der Waals surface area contributed by atoms with Crippen molar-refractivity contribution in [3.63, 3.8) is 0 Å². The Hall–Kier alpha value is -2.01. The average Bonchev–Trinajstić information content (AvgIpc) is 2.49. The largest absolute Gasteiger partial charge is 0.460 e. The van der Waals surface area contributed by atoms with E-state index in [1.807, 2.05) is 0 Å². The van der Waals surface area contributed by atoms with Crippen molar-refractivity contribution in [1.29, 1.82) is 0 Å². The summed E-state index contributed by atoms with van der Waals surface area (Å²) in [5.74, 6) is -0.508. The summed E-state index contributed by atoms with van der Waals surface area (Å²) in [5.41, 5.74) is 0.665. The topological polar surface area (TPSA) is 30.2 Å². The molecule has 1 aromatic heterocycles. The third-order valence-corrected chi connectivity index (χ3v) is 3.76. The summed E-state index contributed by atoms with van der Waals surface area (Å²) in [6.45, 7) is 0. The Morgan fingerprint density at radius 1 is 1.05 bits per heavy atom. The van der Waals surface area contributed by atoms with E-state index in [0.717, 1.165) is 6.07 Å². The quantitative estimate of drug-likeness (QED) is 0.631. The van der Waals surface area contributed by atoms with Gasteiger partial charge in [0.15, 0.2) is 0 Å². The summed E-state index contributed by atoms with van der Waals surface area (Å²) in [6.07, 6.45) is 0.467. The van der Waals surface area contributed by atoms with E-state index in [2.05, 4.69) is 15.9 Å². The van der Waals surface area contributed by atoms with Gasteiger partial charge in [-0.2, -0.15) is 0 Å². The second-order valence-corrected chi connectivity index (χ2v) is 5.61. The molecule has 1 heterocycles. The van der Waals surface area contributed by atoms with Crippen molar-refractivity contribution < 1.29 is 13.2 Å². The van der Waals surface area contributed by atoms with Crippen molar-refractivity contribution in [2.75, 3.05) is 5.33 Å². The molecule has 0 saturated carbocycles. The number of benzene rings is 2. The van der Waals surface area contributed by atoms with Gasteiger partial charge in [-0.05, 0) is 35.9 Å². The highest BCUT2D eigenvalue weighted by Crippen LogP contribution is 2.26. The molecule has 0 spiro atoms. The van der Waals surface area contributed by atoms with Crippen molar-refractivity contribution in [3.8, 4) is 11.1 Å². The average molecular weight is 365 g/mol. The minimum absolute atomic E-state index is 0.151. The van der Waals surface area contributed by atoms with E-state index in [1.165, 1.54) is 30.3 Å². The van der Waals surface area contributed by atoms with Crippen LogP contribution in [0.1, 0.15) is 5.76 Å². The highest BCUT2D eigenvalue weighted by atomic mass is 79.9. The Morgan fingerprint density at radius 3 is 2.55 bits per heavy atom. The second-order valence-electron chi connectivity index (χ2n) is 4.82. The smallest absolute Gasteiger partial charge is 0.200 e. The number of fused-ring (bicyclic) bond motifs is 1. The Balaban J connectivity index is 2.37. The van der Waals surface area contributed by atoms with Gasteiger partial charge in [-0.1, -0.05) is 28.1 Å². The van der Waals surface area contributed by atoms with Crippen molar-refractivity contribution >= 4 is 26.9 Å². The molecule has 5 heteroatoms. The van der Waals surface area contributed by atoms with E-state index in [1.54, 1.807) is 6.07 Å². The van der Waals surface area contributed by atoms with Crippen LogP contribution in [-0.4, -0.2) is 5.33 Å². The number of hydrogen-bond acceptors (Lipinski definition) is 2. The molecule has 2 nitrogen and oxygen atoms in total. The molecule has 3 aromatic rings. The normalized spacial score (nSPS) is 11.0. The molecule has 0 saturated heterocycles. The van der Waals surface area contributed by atoms with Gasteiger partial charge in [0.25, 0.3) is 0 Å². The van der Waals surface area contributed by atoms with E-state index in [0.29, 0.717) is 28.7 Å². The van der Waals surface area contributed by atoms with Gasteiger partial charge in [-0.3, -0.25) is 4.79 Å². The molecular formula is C17H11BrF2O2. The van der Waals surface area contributed by atoms with Crippen LogP contribution in [0.15, 0.2) is 51.7 Å². The maximum Gasteiger partial charge on any atom is 0.200 e. The standard InChI is InChI=1S/C17H11BrF2O2/c18-7-6-15-16(10-2-1-3-11(19)8-10)17(21)13-9-12(20)4-5-14(13)22-15/h1-5,8-9H,6-7H2. The number of halogens is 3. The van der Waals surface area contributed by atoms with Crippen LogP contribution in [0.4, 0.5) is 8.78 Å². The Kier molecular flexibility index (Phi) is 4.07. The summed E-state index contributed by atoms with van der Waals surface area (Å²) >= 11 is 3.31. The number of rotatable bonds is 3. The fourth-order valence-corrected chi connectivity index (χ4v) is 2.77. The monoisotopic (exact) mass is 364 g/mol. The lowest BCUT2D eigenvalue weighted by atomic mass is 10.0. The maximum absolute atomic E-state index is 13.5. The molecule has 0 radical (unpaired) electrons. The van der Waals surface area contributed by atoms with Gasteiger partial charge < -0.3 is 4.42 Å². The van der Waals surface area contributed by atoms with Gasteiger partial charge in [0.1, 0.15) is 23.0 Å². The molecule has 2 aromatic carbocycles. The predicted molar refractivity (Wildman–Crippen MR) is 85.3 cm³/mol. The number of aryl methyl sites for hydroxylation is 1. The highest BCUT2D eigenvalue weighted by Gasteiger charge is 2.16. The molecule has 0 fully saturated rings. The van der Waals surface area contributed by atoms with Crippen molar-refractivity contribution in [2.45, 2.75) is 6.42 Å². The van der Waals surface area contributed by atoms with Crippen LogP contribution in [0.2, 0.25) is 0 Å². The first-order valence-corrected chi connectivity index (χ1v) is 7.79. The molecule has 0 atom stereocenters. The minimum atomic E-state index is -0.516.